The van der Waals surface area contributed by atoms with Crippen LogP contribution in [0.1, 0.15) is 30.9 Å². The molecule has 0 spiro atoms. The van der Waals surface area contributed by atoms with Gasteiger partial charge in [0.2, 0.25) is 0 Å². The molecule has 0 radical (unpaired) electrons. The number of nitrogens with zero attached hydrogens (tertiary/aromatic N) is 2. The minimum atomic E-state index is -3.55. The highest BCUT2D eigenvalue weighted by atomic mass is 32.2. The maximum Gasteiger partial charge on any atom is 0.283 e. The Morgan fingerprint density at radius 2 is 1.91 bits per heavy atom. The molecule has 5 heteroatoms. The van der Waals surface area contributed by atoms with Crippen molar-refractivity contribution < 1.29 is 8.42 Å². The molecular weight excluding hydrogens is 296 g/mol. The van der Waals surface area contributed by atoms with E-state index in [0.29, 0.717) is 12.5 Å². The third-order valence-electron chi connectivity index (χ3n) is 4.32. The molecule has 0 N–H and O–H groups in total. The van der Waals surface area contributed by atoms with Gasteiger partial charge in [-0.05, 0) is 38.2 Å². The molecule has 1 aliphatic rings. The summed E-state index contributed by atoms with van der Waals surface area (Å²) in [6.07, 6.45) is 7.59. The average Bonchev–Trinajstić information content (AvgIpc) is 3.32. The minimum absolute atomic E-state index is 0.0169. The van der Waals surface area contributed by atoms with Crippen LogP contribution in [0.25, 0.3) is 0 Å². The smallest absolute Gasteiger partial charge is 0.195 e. The molecule has 1 saturated carbocycles. The maximum atomic E-state index is 12.8. The molecule has 1 aromatic carbocycles. The zero-order chi connectivity index (χ0) is 16.3. The summed E-state index contributed by atoms with van der Waals surface area (Å²) < 4.78 is 28.5. The number of terminal acetylenes is 1. The van der Waals surface area contributed by atoms with Crippen LogP contribution in [0.4, 0.5) is 0 Å². The van der Waals surface area contributed by atoms with Gasteiger partial charge < -0.3 is 0 Å². The van der Waals surface area contributed by atoms with Gasteiger partial charge in [0, 0.05) is 19.6 Å². The second-order valence-corrected chi connectivity index (χ2v) is 8.05. The molecule has 0 heterocycles. The predicted octanol–water partition coefficient (Wildman–Crippen LogP) is 2.41. The normalized spacial score (nSPS) is 16.7. The lowest BCUT2D eigenvalue weighted by Crippen LogP contribution is -2.46. The number of hydrogen-bond donors (Lipinski definition) is 0. The zero-order valence-corrected chi connectivity index (χ0v) is 14.3. The van der Waals surface area contributed by atoms with Crippen molar-refractivity contribution in [2.45, 2.75) is 39.3 Å². The van der Waals surface area contributed by atoms with Crippen LogP contribution in [-0.4, -0.2) is 36.7 Å². The van der Waals surface area contributed by atoms with E-state index in [-0.39, 0.29) is 12.6 Å². The van der Waals surface area contributed by atoms with E-state index in [2.05, 4.69) is 5.92 Å². The second-order valence-electron chi connectivity index (χ2n) is 6.06. The molecule has 1 fully saturated rings. The van der Waals surface area contributed by atoms with Gasteiger partial charge in [-0.15, -0.1) is 6.42 Å². The summed E-state index contributed by atoms with van der Waals surface area (Å²) in [6, 6.07) is 7.86. The molecule has 1 atom stereocenters. The largest absolute Gasteiger partial charge is 0.283 e. The number of hydrogen-bond acceptors (Lipinski definition) is 2. The van der Waals surface area contributed by atoms with Crippen molar-refractivity contribution in [1.82, 2.24) is 8.61 Å². The third-order valence-corrected chi connectivity index (χ3v) is 6.29. The Morgan fingerprint density at radius 1 is 1.32 bits per heavy atom. The monoisotopic (exact) mass is 320 g/mol. The molecule has 4 nitrogen and oxygen atoms in total. The molecule has 2 rings (SSSR count). The van der Waals surface area contributed by atoms with Crippen LogP contribution in [0.5, 0.6) is 0 Å². The van der Waals surface area contributed by atoms with Gasteiger partial charge in [-0.25, -0.2) is 0 Å². The van der Waals surface area contributed by atoms with E-state index in [4.69, 9.17) is 6.42 Å². The standard InChI is InChI=1S/C17H24N2O2S/c1-5-12-19(13-16-8-6-14(2)7-9-16)22(20,21)18(4)15(3)17-10-11-17/h1,6-9,15,17H,10-13H2,2-4H3/t15-/m0/s1. The first kappa shape index (κ1) is 17.0. The summed E-state index contributed by atoms with van der Waals surface area (Å²) in [5, 5.41) is 0. The highest BCUT2D eigenvalue weighted by Gasteiger charge is 2.37. The van der Waals surface area contributed by atoms with E-state index in [9.17, 15) is 8.42 Å². The summed E-state index contributed by atoms with van der Waals surface area (Å²) >= 11 is 0. The van der Waals surface area contributed by atoms with Crippen molar-refractivity contribution in [1.29, 1.82) is 0 Å². The molecule has 1 aromatic rings. The molecule has 120 valence electrons. The van der Waals surface area contributed by atoms with Crippen LogP contribution in [0.2, 0.25) is 0 Å². The molecular formula is C17H24N2O2S. The van der Waals surface area contributed by atoms with Crippen molar-refractivity contribution in [2.24, 2.45) is 5.92 Å². The summed E-state index contributed by atoms with van der Waals surface area (Å²) in [6.45, 7) is 4.35. The van der Waals surface area contributed by atoms with Crippen molar-refractivity contribution in [3.63, 3.8) is 0 Å². The second kappa shape index (κ2) is 6.82. The minimum Gasteiger partial charge on any atom is -0.195 e. The highest BCUT2D eigenvalue weighted by molar-refractivity contribution is 7.86. The SMILES string of the molecule is C#CCN(Cc1ccc(C)cc1)S(=O)(=O)N(C)[C@@H](C)C1CC1. The lowest BCUT2D eigenvalue weighted by atomic mass is 10.1. The Bertz CT molecular complexity index is 642. The van der Waals surface area contributed by atoms with Gasteiger partial charge in [-0.3, -0.25) is 0 Å². The van der Waals surface area contributed by atoms with Crippen molar-refractivity contribution >= 4 is 10.2 Å². The van der Waals surface area contributed by atoms with Crippen LogP contribution in [-0.2, 0) is 16.8 Å². The summed E-state index contributed by atoms with van der Waals surface area (Å²) in [5.41, 5.74) is 2.09. The molecule has 0 saturated heterocycles. The van der Waals surface area contributed by atoms with Crippen LogP contribution >= 0.6 is 0 Å². The molecule has 0 aromatic heterocycles. The Hall–Kier alpha value is -1.35. The number of aryl methyl sites for hydroxylation is 1. The van der Waals surface area contributed by atoms with E-state index in [1.54, 1.807) is 7.05 Å². The topological polar surface area (TPSA) is 40.6 Å². The summed E-state index contributed by atoms with van der Waals surface area (Å²) in [7, 11) is -1.90. The molecule has 0 aliphatic heterocycles. The number of rotatable bonds is 7. The predicted molar refractivity (Wildman–Crippen MR) is 89.3 cm³/mol. The van der Waals surface area contributed by atoms with Crippen molar-refractivity contribution in [3.05, 3.63) is 35.4 Å². The molecule has 0 amide bonds. The molecule has 1 aliphatic carbocycles. The van der Waals surface area contributed by atoms with Gasteiger partial charge in [-0.1, -0.05) is 35.7 Å². The van der Waals surface area contributed by atoms with E-state index in [1.807, 2.05) is 38.1 Å². The molecule has 0 bridgehead atoms. The average molecular weight is 320 g/mol. The van der Waals surface area contributed by atoms with Gasteiger partial charge in [0.15, 0.2) is 0 Å². The van der Waals surface area contributed by atoms with E-state index in [0.717, 1.165) is 24.0 Å². The lowest BCUT2D eigenvalue weighted by molar-refractivity contribution is 0.315. The van der Waals surface area contributed by atoms with Crippen LogP contribution in [0.15, 0.2) is 24.3 Å². The van der Waals surface area contributed by atoms with E-state index >= 15 is 0 Å². The Labute approximate surface area is 134 Å². The Kier molecular flexibility index (Phi) is 5.28. The van der Waals surface area contributed by atoms with Gasteiger partial charge in [0.1, 0.15) is 0 Å². The zero-order valence-electron chi connectivity index (χ0n) is 13.5. The van der Waals surface area contributed by atoms with Crippen molar-refractivity contribution in [3.8, 4) is 12.3 Å². The quantitative estimate of drug-likeness (QED) is 0.724. The van der Waals surface area contributed by atoms with E-state index in [1.165, 1.54) is 8.61 Å². The summed E-state index contributed by atoms with van der Waals surface area (Å²) in [5.74, 6) is 2.94. The van der Waals surface area contributed by atoms with E-state index < -0.39 is 10.2 Å². The Balaban J connectivity index is 2.18. The molecule has 0 unspecified atom stereocenters. The molecule has 22 heavy (non-hydrogen) atoms. The first-order valence-corrected chi connectivity index (χ1v) is 8.98. The number of benzene rings is 1. The van der Waals surface area contributed by atoms with Gasteiger partial charge in [0.25, 0.3) is 10.2 Å². The third kappa shape index (κ3) is 3.89. The van der Waals surface area contributed by atoms with Gasteiger partial charge in [0.05, 0.1) is 6.54 Å². The van der Waals surface area contributed by atoms with Gasteiger partial charge in [-0.2, -0.15) is 17.0 Å². The fraction of sp³-hybridized carbons (Fsp3) is 0.529. The highest BCUT2D eigenvalue weighted by Crippen LogP contribution is 2.36. The van der Waals surface area contributed by atoms with Crippen LogP contribution in [0.3, 0.4) is 0 Å². The first-order valence-electron chi connectivity index (χ1n) is 7.58. The maximum absolute atomic E-state index is 12.8. The van der Waals surface area contributed by atoms with Crippen LogP contribution in [0, 0.1) is 25.2 Å². The fourth-order valence-corrected chi connectivity index (χ4v) is 3.99. The summed E-state index contributed by atoms with van der Waals surface area (Å²) in [4.78, 5) is 0. The van der Waals surface area contributed by atoms with Gasteiger partial charge >= 0.3 is 0 Å². The fourth-order valence-electron chi connectivity index (χ4n) is 2.49. The van der Waals surface area contributed by atoms with Crippen LogP contribution < -0.4 is 0 Å². The first-order chi connectivity index (χ1) is 10.4. The lowest BCUT2D eigenvalue weighted by Gasteiger charge is -2.30. The van der Waals surface area contributed by atoms with Crippen molar-refractivity contribution in [2.75, 3.05) is 13.6 Å². The Morgan fingerprint density at radius 3 is 2.41 bits per heavy atom.